The van der Waals surface area contributed by atoms with Gasteiger partial charge in [-0.15, -0.1) is 0 Å². The van der Waals surface area contributed by atoms with E-state index in [4.69, 9.17) is 0 Å². The van der Waals surface area contributed by atoms with Gasteiger partial charge in [0.05, 0.1) is 12.2 Å². The summed E-state index contributed by atoms with van der Waals surface area (Å²) in [4.78, 5) is 23.6. The first-order valence-electron chi connectivity index (χ1n) is 7.58. The Kier molecular flexibility index (Phi) is 5.53. The van der Waals surface area contributed by atoms with Crippen molar-refractivity contribution in [2.45, 2.75) is 19.9 Å². The van der Waals surface area contributed by atoms with Crippen molar-refractivity contribution in [1.82, 2.24) is 15.1 Å². The molecule has 8 heteroatoms. The second-order valence-electron chi connectivity index (χ2n) is 5.98. The molecule has 0 aliphatic carbocycles. The molecule has 1 aromatic carbocycles. The third-order valence-corrected chi connectivity index (χ3v) is 3.79. The third kappa shape index (κ3) is 3.90. The highest BCUT2D eigenvalue weighted by atomic mass is 16.4. The van der Waals surface area contributed by atoms with Crippen LogP contribution in [0, 0.1) is 5.92 Å². The fourth-order valence-electron chi connectivity index (χ4n) is 2.51. The quantitative estimate of drug-likeness (QED) is 0.513. The Morgan fingerprint density at radius 1 is 1.38 bits per heavy atom. The minimum absolute atomic E-state index is 0.0641. The predicted molar refractivity (Wildman–Crippen MR) is 89.9 cm³/mol. The number of carbonyl (C=O) groups excluding carboxylic acids is 2. The SMILES string of the molecule is CC(C)C(NC(=O)c1ccc(B(O)O)c(C=O)c1)c1cnn(C)c1. The molecule has 1 amide bonds. The number of aromatic nitrogens is 2. The summed E-state index contributed by atoms with van der Waals surface area (Å²) in [5, 5.41) is 25.5. The highest BCUT2D eigenvalue weighted by Crippen LogP contribution is 2.21. The van der Waals surface area contributed by atoms with E-state index in [1.165, 1.54) is 18.2 Å². The Morgan fingerprint density at radius 3 is 2.58 bits per heavy atom. The average molecular weight is 329 g/mol. The number of hydrogen-bond acceptors (Lipinski definition) is 5. The van der Waals surface area contributed by atoms with Gasteiger partial charge in [0.2, 0.25) is 0 Å². The number of aldehydes is 1. The first-order chi connectivity index (χ1) is 11.3. The van der Waals surface area contributed by atoms with E-state index < -0.39 is 7.12 Å². The molecule has 3 N–H and O–H groups in total. The van der Waals surface area contributed by atoms with Gasteiger partial charge in [0, 0.05) is 29.9 Å². The lowest BCUT2D eigenvalue weighted by Crippen LogP contribution is -2.35. The van der Waals surface area contributed by atoms with Gasteiger partial charge in [-0.2, -0.15) is 5.10 Å². The second kappa shape index (κ2) is 7.42. The molecule has 126 valence electrons. The summed E-state index contributed by atoms with van der Waals surface area (Å²) in [6.07, 6.45) is 4.03. The fraction of sp³-hybridized carbons (Fsp3) is 0.312. The molecule has 1 atom stereocenters. The molecule has 0 saturated heterocycles. The first-order valence-corrected chi connectivity index (χ1v) is 7.58. The van der Waals surface area contributed by atoms with Gasteiger partial charge in [-0.3, -0.25) is 14.3 Å². The number of benzene rings is 1. The van der Waals surface area contributed by atoms with Crippen molar-refractivity contribution in [3.05, 3.63) is 47.3 Å². The Morgan fingerprint density at radius 2 is 2.08 bits per heavy atom. The van der Waals surface area contributed by atoms with Crippen LogP contribution in [-0.2, 0) is 7.05 Å². The molecular formula is C16H20BN3O4. The smallest absolute Gasteiger partial charge is 0.423 e. The molecule has 0 radical (unpaired) electrons. The van der Waals surface area contributed by atoms with E-state index in [1.807, 2.05) is 20.0 Å². The van der Waals surface area contributed by atoms with Gasteiger partial charge in [-0.25, -0.2) is 0 Å². The van der Waals surface area contributed by atoms with Crippen molar-refractivity contribution in [3.63, 3.8) is 0 Å². The zero-order valence-electron chi connectivity index (χ0n) is 13.8. The number of nitrogens with zero attached hydrogens (tertiary/aromatic N) is 2. The molecule has 0 aliphatic rings. The molecular weight excluding hydrogens is 309 g/mol. The highest BCUT2D eigenvalue weighted by molar-refractivity contribution is 6.60. The van der Waals surface area contributed by atoms with Crippen molar-refractivity contribution in [2.24, 2.45) is 13.0 Å². The topological polar surface area (TPSA) is 104 Å². The van der Waals surface area contributed by atoms with E-state index in [0.29, 0.717) is 6.29 Å². The van der Waals surface area contributed by atoms with Gasteiger partial charge in [-0.05, 0) is 23.5 Å². The van der Waals surface area contributed by atoms with Crippen molar-refractivity contribution in [2.75, 3.05) is 0 Å². The van der Waals surface area contributed by atoms with Crippen LogP contribution in [0.2, 0.25) is 0 Å². The molecule has 2 rings (SSSR count). The molecule has 0 aliphatic heterocycles. The van der Waals surface area contributed by atoms with Crippen molar-refractivity contribution in [1.29, 1.82) is 0 Å². The van der Waals surface area contributed by atoms with Crippen LogP contribution in [-0.4, -0.2) is 39.1 Å². The molecule has 24 heavy (non-hydrogen) atoms. The lowest BCUT2D eigenvalue weighted by atomic mass is 9.77. The van der Waals surface area contributed by atoms with Gasteiger partial charge < -0.3 is 15.4 Å². The number of nitrogens with one attached hydrogen (secondary N) is 1. The zero-order valence-corrected chi connectivity index (χ0v) is 13.8. The molecule has 0 saturated carbocycles. The number of rotatable bonds is 6. The molecule has 0 fully saturated rings. The van der Waals surface area contributed by atoms with Crippen LogP contribution in [0.4, 0.5) is 0 Å². The Bertz CT molecular complexity index is 743. The fourth-order valence-corrected chi connectivity index (χ4v) is 2.51. The normalized spacial score (nSPS) is 12.1. The zero-order chi connectivity index (χ0) is 17.9. The summed E-state index contributed by atoms with van der Waals surface area (Å²) in [6.45, 7) is 3.97. The second-order valence-corrected chi connectivity index (χ2v) is 5.98. The lowest BCUT2D eigenvalue weighted by molar-refractivity contribution is 0.0925. The third-order valence-electron chi connectivity index (χ3n) is 3.79. The molecule has 2 aromatic rings. The lowest BCUT2D eigenvalue weighted by Gasteiger charge is -2.21. The minimum atomic E-state index is -1.76. The summed E-state index contributed by atoms with van der Waals surface area (Å²) < 4.78 is 1.67. The van der Waals surface area contributed by atoms with Crippen molar-refractivity contribution >= 4 is 24.8 Å². The van der Waals surface area contributed by atoms with Crippen LogP contribution in [0.1, 0.15) is 46.2 Å². The first kappa shape index (κ1) is 17.9. The molecule has 1 aromatic heterocycles. The standard InChI is InChI=1S/C16H20BN3O4/c1-10(2)15(13-7-18-20(3)8-13)19-16(22)11-4-5-14(17(23)24)12(6-11)9-21/h4-10,15,23-24H,1-3H3,(H,19,22). The van der Waals surface area contributed by atoms with Gasteiger partial charge in [0.25, 0.3) is 5.91 Å². The Balaban J connectivity index is 2.26. The molecule has 1 unspecified atom stereocenters. The van der Waals surface area contributed by atoms with Crippen molar-refractivity contribution < 1.29 is 19.6 Å². The monoisotopic (exact) mass is 329 g/mol. The average Bonchev–Trinajstić information content (AvgIpc) is 2.97. The number of hydrogen-bond donors (Lipinski definition) is 3. The van der Waals surface area contributed by atoms with Crippen LogP contribution in [0.25, 0.3) is 0 Å². The van der Waals surface area contributed by atoms with E-state index in [-0.39, 0.29) is 34.5 Å². The Hall–Kier alpha value is -2.45. The summed E-state index contributed by atoms with van der Waals surface area (Å²) in [5.74, 6) is -0.207. The number of aryl methyl sites for hydroxylation is 1. The van der Waals surface area contributed by atoms with Gasteiger partial charge in [0.1, 0.15) is 6.29 Å². The summed E-state index contributed by atoms with van der Waals surface area (Å²) in [6, 6.07) is 3.93. The minimum Gasteiger partial charge on any atom is -0.423 e. The van der Waals surface area contributed by atoms with E-state index in [2.05, 4.69) is 10.4 Å². The predicted octanol–water partition coefficient (Wildman–Crippen LogP) is 0.0395. The van der Waals surface area contributed by atoms with Gasteiger partial charge in [-0.1, -0.05) is 19.9 Å². The van der Waals surface area contributed by atoms with E-state index in [1.54, 1.807) is 17.9 Å². The molecule has 1 heterocycles. The van der Waals surface area contributed by atoms with Crippen LogP contribution < -0.4 is 10.8 Å². The Labute approximate surface area is 140 Å². The summed E-state index contributed by atoms with van der Waals surface area (Å²) in [5.41, 5.74) is 1.30. The molecule has 0 bridgehead atoms. The van der Waals surface area contributed by atoms with E-state index in [0.717, 1.165) is 5.56 Å². The summed E-state index contributed by atoms with van der Waals surface area (Å²) in [7, 11) is 0.0407. The molecule has 7 nitrogen and oxygen atoms in total. The van der Waals surface area contributed by atoms with Gasteiger partial charge in [0.15, 0.2) is 0 Å². The van der Waals surface area contributed by atoms with E-state index >= 15 is 0 Å². The van der Waals surface area contributed by atoms with Crippen molar-refractivity contribution in [3.8, 4) is 0 Å². The molecule has 0 spiro atoms. The maximum absolute atomic E-state index is 12.5. The largest absolute Gasteiger partial charge is 0.489 e. The van der Waals surface area contributed by atoms with Crippen LogP contribution in [0.5, 0.6) is 0 Å². The number of amides is 1. The van der Waals surface area contributed by atoms with Crippen LogP contribution in [0.15, 0.2) is 30.6 Å². The van der Waals surface area contributed by atoms with Gasteiger partial charge >= 0.3 is 7.12 Å². The highest BCUT2D eigenvalue weighted by Gasteiger charge is 2.22. The maximum Gasteiger partial charge on any atom is 0.489 e. The number of carbonyl (C=O) groups is 2. The summed E-state index contributed by atoms with van der Waals surface area (Å²) >= 11 is 0. The van der Waals surface area contributed by atoms with Crippen LogP contribution >= 0.6 is 0 Å². The van der Waals surface area contributed by atoms with E-state index in [9.17, 15) is 19.6 Å². The maximum atomic E-state index is 12.5. The van der Waals surface area contributed by atoms with Crippen LogP contribution in [0.3, 0.4) is 0 Å².